The first-order valence-electron chi connectivity index (χ1n) is 4.22. The van der Waals surface area contributed by atoms with Gasteiger partial charge in [0.2, 0.25) is 0 Å². The third-order valence-electron chi connectivity index (χ3n) is 1.76. The molecule has 0 saturated carbocycles. The third-order valence-corrected chi connectivity index (χ3v) is 2.64. The Hall–Kier alpha value is -1.18. The summed E-state index contributed by atoms with van der Waals surface area (Å²) in [4.78, 5) is 4.28. The zero-order valence-electron chi connectivity index (χ0n) is 8.41. The number of nitrogens with one attached hydrogen (secondary N) is 1. The van der Waals surface area contributed by atoms with Gasteiger partial charge in [-0.2, -0.15) is 5.26 Å². The Kier molecular flexibility index (Phi) is 4.47. The normalized spacial score (nSPS) is 10.9. The van der Waals surface area contributed by atoms with Crippen LogP contribution in [0.4, 0.5) is 5.69 Å². The van der Waals surface area contributed by atoms with E-state index in [1.807, 2.05) is 31.5 Å². The van der Waals surface area contributed by atoms with Gasteiger partial charge in [0.05, 0.1) is 10.7 Å². The smallest absolute Gasteiger partial charge is 0.183 e. The second kappa shape index (κ2) is 5.64. The first-order valence-corrected chi connectivity index (χ1v) is 5.82. The lowest BCUT2D eigenvalue weighted by atomic mass is 10.2. The van der Waals surface area contributed by atoms with E-state index < -0.39 is 0 Å². The SMILES string of the molecule is CSC(=Nc1c(C)cccc1Cl)NC#N. The number of thioether (sulfide) groups is 1. The summed E-state index contributed by atoms with van der Waals surface area (Å²) >= 11 is 7.37. The van der Waals surface area contributed by atoms with Gasteiger partial charge in [-0.3, -0.25) is 5.32 Å². The minimum Gasteiger partial charge on any atom is -0.271 e. The number of nitrogens with zero attached hydrogens (tertiary/aromatic N) is 2. The number of aryl methyl sites for hydroxylation is 1. The quantitative estimate of drug-likeness (QED) is 0.355. The van der Waals surface area contributed by atoms with Gasteiger partial charge in [-0.15, -0.1) is 0 Å². The summed E-state index contributed by atoms with van der Waals surface area (Å²) in [5.74, 6) is 0. The highest BCUT2D eigenvalue weighted by molar-refractivity contribution is 8.13. The van der Waals surface area contributed by atoms with E-state index in [4.69, 9.17) is 16.9 Å². The Bertz CT molecular complexity index is 403. The number of halogens is 1. The molecule has 0 spiro atoms. The van der Waals surface area contributed by atoms with Crippen LogP contribution in [0.2, 0.25) is 5.02 Å². The zero-order valence-corrected chi connectivity index (χ0v) is 9.99. The number of hydrogen-bond donors (Lipinski definition) is 1. The molecule has 0 aromatic heterocycles. The van der Waals surface area contributed by atoms with Gasteiger partial charge in [0.1, 0.15) is 0 Å². The average Bonchev–Trinajstić information content (AvgIpc) is 2.22. The van der Waals surface area contributed by atoms with Crippen LogP contribution in [0.15, 0.2) is 23.2 Å². The third kappa shape index (κ3) is 3.15. The number of hydrogen-bond acceptors (Lipinski definition) is 3. The van der Waals surface area contributed by atoms with Crippen molar-refractivity contribution in [1.82, 2.24) is 5.32 Å². The van der Waals surface area contributed by atoms with E-state index in [1.165, 1.54) is 11.8 Å². The molecule has 1 aromatic rings. The molecule has 78 valence electrons. The summed E-state index contributed by atoms with van der Waals surface area (Å²) in [5.41, 5.74) is 1.68. The molecule has 0 fully saturated rings. The van der Waals surface area contributed by atoms with Crippen LogP contribution in [0, 0.1) is 18.4 Å². The predicted octanol–water partition coefficient (Wildman–Crippen LogP) is 3.07. The molecule has 0 amide bonds. The van der Waals surface area contributed by atoms with Crippen molar-refractivity contribution in [2.45, 2.75) is 6.92 Å². The van der Waals surface area contributed by atoms with Crippen LogP contribution in [-0.4, -0.2) is 11.4 Å². The monoisotopic (exact) mass is 239 g/mol. The number of nitriles is 1. The molecule has 0 radical (unpaired) electrons. The van der Waals surface area contributed by atoms with Gasteiger partial charge in [0.25, 0.3) is 0 Å². The summed E-state index contributed by atoms with van der Waals surface area (Å²) in [5, 5.41) is 12.1. The molecule has 0 unspecified atom stereocenters. The van der Waals surface area contributed by atoms with Gasteiger partial charge in [0, 0.05) is 0 Å². The van der Waals surface area contributed by atoms with Crippen LogP contribution >= 0.6 is 23.4 Å². The van der Waals surface area contributed by atoms with Gasteiger partial charge in [-0.05, 0) is 24.8 Å². The molecule has 15 heavy (non-hydrogen) atoms. The Balaban J connectivity index is 3.11. The maximum atomic E-state index is 8.50. The van der Waals surface area contributed by atoms with Gasteiger partial charge >= 0.3 is 0 Å². The molecule has 0 aliphatic heterocycles. The van der Waals surface area contributed by atoms with Crippen molar-refractivity contribution in [2.24, 2.45) is 4.99 Å². The Morgan fingerprint density at radius 2 is 2.33 bits per heavy atom. The lowest BCUT2D eigenvalue weighted by Gasteiger charge is -2.04. The molecule has 5 heteroatoms. The summed E-state index contributed by atoms with van der Waals surface area (Å²) in [7, 11) is 0. The summed E-state index contributed by atoms with van der Waals surface area (Å²) in [6.45, 7) is 1.93. The highest BCUT2D eigenvalue weighted by Crippen LogP contribution is 2.28. The number of para-hydroxylation sites is 1. The van der Waals surface area contributed by atoms with E-state index in [1.54, 1.807) is 6.07 Å². The standard InChI is InChI=1S/C10H10ClN3S/c1-7-4-3-5-8(11)9(7)14-10(15-2)13-6-12/h3-5H,1-2H3,(H,13,14). The fraction of sp³-hybridized carbons (Fsp3) is 0.200. The minimum absolute atomic E-state index is 0.536. The van der Waals surface area contributed by atoms with Crippen molar-refractivity contribution in [2.75, 3.05) is 6.26 Å². The van der Waals surface area contributed by atoms with Gasteiger partial charge in [0.15, 0.2) is 11.4 Å². The lowest BCUT2D eigenvalue weighted by molar-refractivity contribution is 1.27. The molecule has 0 aliphatic carbocycles. The maximum absolute atomic E-state index is 8.50. The topological polar surface area (TPSA) is 48.2 Å². The Morgan fingerprint density at radius 1 is 1.60 bits per heavy atom. The Labute approximate surface area is 98.2 Å². The molecule has 0 atom stereocenters. The van der Waals surface area contributed by atoms with Crippen molar-refractivity contribution in [3.8, 4) is 6.19 Å². The van der Waals surface area contributed by atoms with Crippen LogP contribution < -0.4 is 5.32 Å². The zero-order chi connectivity index (χ0) is 11.3. The van der Waals surface area contributed by atoms with E-state index in [2.05, 4.69) is 10.3 Å². The molecule has 0 saturated heterocycles. The van der Waals surface area contributed by atoms with Gasteiger partial charge < -0.3 is 0 Å². The number of benzene rings is 1. The van der Waals surface area contributed by atoms with E-state index in [-0.39, 0.29) is 0 Å². The molecule has 1 aromatic carbocycles. The highest BCUT2D eigenvalue weighted by Gasteiger charge is 2.03. The predicted molar refractivity (Wildman–Crippen MR) is 65.5 cm³/mol. The summed E-state index contributed by atoms with van der Waals surface area (Å²) in [6, 6.07) is 5.57. The van der Waals surface area contributed by atoms with Crippen molar-refractivity contribution in [3.05, 3.63) is 28.8 Å². The van der Waals surface area contributed by atoms with Crippen LogP contribution in [0.5, 0.6) is 0 Å². The van der Waals surface area contributed by atoms with Crippen LogP contribution in [-0.2, 0) is 0 Å². The van der Waals surface area contributed by atoms with Gasteiger partial charge in [-0.1, -0.05) is 35.5 Å². The van der Waals surface area contributed by atoms with E-state index in [9.17, 15) is 0 Å². The number of amidine groups is 1. The van der Waals surface area contributed by atoms with Crippen molar-refractivity contribution in [3.63, 3.8) is 0 Å². The highest BCUT2D eigenvalue weighted by atomic mass is 35.5. The lowest BCUT2D eigenvalue weighted by Crippen LogP contribution is -2.12. The largest absolute Gasteiger partial charge is 0.271 e. The second-order valence-corrected chi connectivity index (χ2v) is 3.97. The first kappa shape index (κ1) is 11.9. The molecular formula is C10H10ClN3S. The van der Waals surface area contributed by atoms with E-state index >= 15 is 0 Å². The molecule has 1 rings (SSSR count). The fourth-order valence-corrected chi connectivity index (χ4v) is 1.63. The molecule has 0 heterocycles. The summed E-state index contributed by atoms with van der Waals surface area (Å²) < 4.78 is 0. The number of rotatable bonds is 1. The molecule has 0 aliphatic rings. The van der Waals surface area contributed by atoms with Crippen molar-refractivity contribution >= 4 is 34.2 Å². The Morgan fingerprint density at radius 3 is 2.87 bits per heavy atom. The van der Waals surface area contributed by atoms with Crippen molar-refractivity contribution in [1.29, 1.82) is 5.26 Å². The number of aliphatic imine (C=N–C) groups is 1. The van der Waals surface area contributed by atoms with Crippen LogP contribution in [0.3, 0.4) is 0 Å². The van der Waals surface area contributed by atoms with Crippen molar-refractivity contribution < 1.29 is 0 Å². The van der Waals surface area contributed by atoms with Gasteiger partial charge in [-0.25, -0.2) is 4.99 Å². The molecular weight excluding hydrogens is 230 g/mol. The molecule has 1 N–H and O–H groups in total. The van der Waals surface area contributed by atoms with Crippen LogP contribution in [0.1, 0.15) is 5.56 Å². The molecule has 0 bridgehead atoms. The minimum atomic E-state index is 0.536. The first-order chi connectivity index (χ1) is 7.19. The summed E-state index contributed by atoms with van der Waals surface area (Å²) in [6.07, 6.45) is 3.68. The van der Waals surface area contributed by atoms with Crippen LogP contribution in [0.25, 0.3) is 0 Å². The second-order valence-electron chi connectivity index (χ2n) is 2.76. The maximum Gasteiger partial charge on any atom is 0.183 e. The van der Waals surface area contributed by atoms with E-state index in [0.717, 1.165) is 5.56 Å². The molecule has 3 nitrogen and oxygen atoms in total. The van der Waals surface area contributed by atoms with E-state index in [0.29, 0.717) is 15.9 Å². The average molecular weight is 240 g/mol. The fourth-order valence-electron chi connectivity index (χ4n) is 1.04.